The number of nitrogens with zero attached hydrogens (tertiary/aromatic N) is 2. The second-order valence-electron chi connectivity index (χ2n) is 5.71. The van der Waals surface area contributed by atoms with E-state index < -0.39 is 12.6 Å². The lowest BCUT2D eigenvalue weighted by Crippen LogP contribution is -2.38. The Balaban J connectivity index is 0.00000676. The SMILES string of the molecule is CCNC(=NCc1cccc(OCC(=O)N(C)C)c1)NCCC(F)(F)F.I. The largest absolute Gasteiger partial charge is 0.484 e. The molecule has 0 fully saturated rings. The predicted molar refractivity (Wildman–Crippen MR) is 110 cm³/mol. The van der Waals surface area contributed by atoms with E-state index in [9.17, 15) is 18.0 Å². The highest BCUT2D eigenvalue weighted by molar-refractivity contribution is 14.0. The highest BCUT2D eigenvalue weighted by atomic mass is 127. The number of hydrogen-bond donors (Lipinski definition) is 2. The van der Waals surface area contributed by atoms with Gasteiger partial charge in [-0.1, -0.05) is 12.1 Å². The Morgan fingerprint density at radius 2 is 1.96 bits per heavy atom. The summed E-state index contributed by atoms with van der Waals surface area (Å²) >= 11 is 0. The van der Waals surface area contributed by atoms with Crippen LogP contribution in [0, 0.1) is 0 Å². The summed E-state index contributed by atoms with van der Waals surface area (Å²) in [4.78, 5) is 17.2. The first-order chi connectivity index (χ1) is 12.2. The molecule has 1 amide bonds. The fraction of sp³-hybridized carbons (Fsp3) is 0.529. The number of alkyl halides is 3. The summed E-state index contributed by atoms with van der Waals surface area (Å²) in [5, 5.41) is 5.55. The van der Waals surface area contributed by atoms with E-state index in [1.165, 1.54) is 4.90 Å². The summed E-state index contributed by atoms with van der Waals surface area (Å²) in [6.07, 6.45) is -5.14. The van der Waals surface area contributed by atoms with Crippen LogP contribution in [0.4, 0.5) is 13.2 Å². The Morgan fingerprint density at radius 3 is 2.56 bits per heavy atom. The second-order valence-corrected chi connectivity index (χ2v) is 5.71. The van der Waals surface area contributed by atoms with Crippen molar-refractivity contribution >= 4 is 35.8 Å². The number of benzene rings is 1. The van der Waals surface area contributed by atoms with Crippen molar-refractivity contribution in [3.63, 3.8) is 0 Å². The van der Waals surface area contributed by atoms with Crippen molar-refractivity contribution in [3.05, 3.63) is 29.8 Å². The van der Waals surface area contributed by atoms with E-state index >= 15 is 0 Å². The van der Waals surface area contributed by atoms with Crippen LogP contribution in [0.15, 0.2) is 29.3 Å². The Kier molecular flexibility index (Phi) is 11.8. The van der Waals surface area contributed by atoms with Crippen LogP contribution in [0.1, 0.15) is 18.9 Å². The minimum absolute atomic E-state index is 0. The Morgan fingerprint density at radius 1 is 1.26 bits per heavy atom. The smallest absolute Gasteiger partial charge is 0.390 e. The van der Waals surface area contributed by atoms with Crippen LogP contribution in [-0.4, -0.2) is 56.7 Å². The quantitative estimate of drug-likeness (QED) is 0.326. The highest BCUT2D eigenvalue weighted by Gasteiger charge is 2.26. The number of amides is 1. The van der Waals surface area contributed by atoms with Gasteiger partial charge < -0.3 is 20.3 Å². The number of carbonyl (C=O) groups is 1. The average Bonchev–Trinajstić information content (AvgIpc) is 2.56. The van der Waals surface area contributed by atoms with Gasteiger partial charge in [0.05, 0.1) is 13.0 Å². The van der Waals surface area contributed by atoms with Crippen molar-refractivity contribution in [1.82, 2.24) is 15.5 Å². The first-order valence-corrected chi connectivity index (χ1v) is 8.22. The highest BCUT2D eigenvalue weighted by Crippen LogP contribution is 2.18. The summed E-state index contributed by atoms with van der Waals surface area (Å²) in [6.45, 7) is 2.32. The second kappa shape index (κ2) is 12.6. The number of nitrogens with one attached hydrogen (secondary N) is 2. The molecule has 0 heterocycles. The molecule has 0 aliphatic rings. The van der Waals surface area contributed by atoms with Crippen molar-refractivity contribution in [3.8, 4) is 5.75 Å². The van der Waals surface area contributed by atoms with Gasteiger partial charge in [-0.15, -0.1) is 24.0 Å². The number of aliphatic imine (C=N–C) groups is 1. The van der Waals surface area contributed by atoms with Gasteiger partial charge in [0, 0.05) is 27.2 Å². The van der Waals surface area contributed by atoms with E-state index in [1.54, 1.807) is 32.3 Å². The molecule has 0 aliphatic carbocycles. The van der Waals surface area contributed by atoms with E-state index in [-0.39, 0.29) is 49.6 Å². The third kappa shape index (κ3) is 11.6. The Hall–Kier alpha value is -1.72. The van der Waals surface area contributed by atoms with Crippen LogP contribution in [0.3, 0.4) is 0 Å². The molecule has 2 N–H and O–H groups in total. The maximum atomic E-state index is 12.2. The lowest BCUT2D eigenvalue weighted by Gasteiger charge is -2.13. The monoisotopic (exact) mass is 502 g/mol. The van der Waals surface area contributed by atoms with Gasteiger partial charge in [-0.05, 0) is 24.6 Å². The van der Waals surface area contributed by atoms with Crippen LogP contribution in [-0.2, 0) is 11.3 Å². The molecule has 0 aromatic heterocycles. The average molecular weight is 502 g/mol. The van der Waals surface area contributed by atoms with E-state index in [4.69, 9.17) is 4.74 Å². The first-order valence-electron chi connectivity index (χ1n) is 8.22. The number of hydrogen-bond acceptors (Lipinski definition) is 3. The topological polar surface area (TPSA) is 66.0 Å². The van der Waals surface area contributed by atoms with Crippen LogP contribution in [0.25, 0.3) is 0 Å². The van der Waals surface area contributed by atoms with Gasteiger partial charge in [0.25, 0.3) is 5.91 Å². The molecule has 0 unspecified atom stereocenters. The molecule has 0 saturated heterocycles. The van der Waals surface area contributed by atoms with E-state index in [2.05, 4.69) is 15.6 Å². The molecule has 27 heavy (non-hydrogen) atoms. The molecule has 0 radical (unpaired) electrons. The lowest BCUT2D eigenvalue weighted by molar-refractivity contribution is -0.133. The number of guanidine groups is 1. The van der Waals surface area contributed by atoms with Gasteiger partial charge in [0.1, 0.15) is 5.75 Å². The molecular formula is C17H26F3IN4O2. The number of carbonyl (C=O) groups excluding carboxylic acids is 1. The fourth-order valence-corrected chi connectivity index (χ4v) is 1.84. The maximum absolute atomic E-state index is 12.2. The Labute approximate surface area is 174 Å². The molecule has 10 heteroatoms. The normalized spacial score (nSPS) is 11.4. The standard InChI is InChI=1S/C17H25F3N4O2.HI/c1-4-21-16(22-9-8-17(18,19)20)23-11-13-6-5-7-14(10-13)26-12-15(25)24(2)3;/h5-7,10H,4,8-9,11-12H2,1-3H3,(H2,21,22,23);1H. The van der Waals surface area contributed by atoms with Gasteiger partial charge >= 0.3 is 6.18 Å². The number of rotatable bonds is 8. The van der Waals surface area contributed by atoms with Crippen molar-refractivity contribution in [2.24, 2.45) is 4.99 Å². The van der Waals surface area contributed by atoms with Crippen LogP contribution in [0.5, 0.6) is 5.75 Å². The third-order valence-corrected chi connectivity index (χ3v) is 3.22. The summed E-state index contributed by atoms with van der Waals surface area (Å²) in [6, 6.07) is 7.06. The molecule has 154 valence electrons. The maximum Gasteiger partial charge on any atom is 0.390 e. The lowest BCUT2D eigenvalue weighted by atomic mass is 10.2. The van der Waals surface area contributed by atoms with E-state index in [1.807, 2.05) is 13.0 Å². The first kappa shape index (κ1) is 25.3. The van der Waals surface area contributed by atoms with Crippen LogP contribution < -0.4 is 15.4 Å². The minimum atomic E-state index is -4.21. The van der Waals surface area contributed by atoms with Gasteiger partial charge in [0.2, 0.25) is 0 Å². The van der Waals surface area contributed by atoms with Crippen LogP contribution >= 0.6 is 24.0 Å². The molecule has 0 saturated carbocycles. The predicted octanol–water partition coefficient (Wildman–Crippen LogP) is 2.78. The summed E-state index contributed by atoms with van der Waals surface area (Å²) in [5.41, 5.74) is 0.813. The molecule has 0 atom stereocenters. The number of likely N-dealkylation sites (N-methyl/N-ethyl adjacent to an activating group) is 1. The number of halogens is 4. The van der Waals surface area contributed by atoms with Crippen molar-refractivity contribution in [2.45, 2.75) is 26.1 Å². The number of ether oxygens (including phenoxy) is 1. The van der Waals surface area contributed by atoms with Gasteiger partial charge in [-0.25, -0.2) is 4.99 Å². The van der Waals surface area contributed by atoms with E-state index in [0.717, 1.165) is 5.56 Å². The Bertz CT molecular complexity index is 610. The van der Waals surface area contributed by atoms with Gasteiger partial charge in [-0.2, -0.15) is 13.2 Å². The van der Waals surface area contributed by atoms with Crippen molar-refractivity contribution < 1.29 is 22.7 Å². The fourth-order valence-electron chi connectivity index (χ4n) is 1.84. The van der Waals surface area contributed by atoms with Gasteiger partial charge in [-0.3, -0.25) is 4.79 Å². The summed E-state index contributed by atoms with van der Waals surface area (Å²) in [5.74, 6) is 0.686. The van der Waals surface area contributed by atoms with Crippen molar-refractivity contribution in [1.29, 1.82) is 0 Å². The molecule has 1 aromatic carbocycles. The zero-order valence-corrected chi connectivity index (χ0v) is 17.9. The molecule has 1 rings (SSSR count). The molecule has 0 spiro atoms. The van der Waals surface area contributed by atoms with Crippen LogP contribution in [0.2, 0.25) is 0 Å². The molecule has 0 bridgehead atoms. The van der Waals surface area contributed by atoms with Crippen molar-refractivity contribution in [2.75, 3.05) is 33.8 Å². The van der Waals surface area contributed by atoms with E-state index in [0.29, 0.717) is 18.3 Å². The third-order valence-electron chi connectivity index (χ3n) is 3.22. The molecule has 0 aliphatic heterocycles. The minimum Gasteiger partial charge on any atom is -0.484 e. The van der Waals surface area contributed by atoms with Gasteiger partial charge in [0.15, 0.2) is 12.6 Å². The zero-order chi connectivity index (χ0) is 19.6. The summed E-state index contributed by atoms with van der Waals surface area (Å²) in [7, 11) is 3.29. The molecule has 6 nitrogen and oxygen atoms in total. The molecular weight excluding hydrogens is 476 g/mol. The molecule has 1 aromatic rings. The zero-order valence-electron chi connectivity index (χ0n) is 15.6. The summed E-state index contributed by atoms with van der Waals surface area (Å²) < 4.78 is 42.1.